The molecule has 0 fully saturated rings. The summed E-state index contributed by atoms with van der Waals surface area (Å²) in [6.07, 6.45) is 0.932. The molecule has 0 bridgehead atoms. The number of ether oxygens (including phenoxy) is 1. The van der Waals surface area contributed by atoms with Gasteiger partial charge in [-0.1, -0.05) is 51.1 Å². The summed E-state index contributed by atoms with van der Waals surface area (Å²) in [5.74, 6) is 1.44. The van der Waals surface area contributed by atoms with Crippen LogP contribution in [-0.4, -0.2) is 18.5 Å². The average molecular weight is 288 g/mol. The highest BCUT2D eigenvalue weighted by Crippen LogP contribution is 2.24. The Kier molecular flexibility index (Phi) is 10.5. The van der Waals surface area contributed by atoms with Crippen LogP contribution in [0.5, 0.6) is 11.5 Å². The number of aliphatic hydroxyl groups is 1. The van der Waals surface area contributed by atoms with Gasteiger partial charge in [0.15, 0.2) is 0 Å². The molecule has 3 heteroatoms. The Morgan fingerprint density at radius 3 is 2.10 bits per heavy atom. The van der Waals surface area contributed by atoms with E-state index in [1.54, 1.807) is 0 Å². The lowest BCUT2D eigenvalue weighted by Crippen LogP contribution is -1.94. The quantitative estimate of drug-likeness (QED) is 0.847. The van der Waals surface area contributed by atoms with E-state index >= 15 is 0 Å². The molecule has 0 aromatic heterocycles. The highest BCUT2D eigenvalue weighted by molar-refractivity contribution is 5.61. The molecule has 1 unspecified atom stereocenters. The minimum absolute atomic E-state index is 0.102. The van der Waals surface area contributed by atoms with E-state index in [-0.39, 0.29) is 5.92 Å². The Balaban J connectivity index is 0.000000921. The van der Waals surface area contributed by atoms with Crippen molar-refractivity contribution < 1.29 is 14.6 Å². The van der Waals surface area contributed by atoms with Crippen LogP contribution in [0.3, 0.4) is 0 Å². The second kappa shape index (κ2) is 11.7. The standard InChI is InChI=1S/C15H14O2.C2H6.CH4O/c1-12(11-16)13-6-5-9-15(10-13)17-14-7-3-2-4-8-14;2*1-2/h2-12H,1H3;1-2H3;2H,1H3. The lowest BCUT2D eigenvalue weighted by molar-refractivity contribution is -0.108. The number of hydrogen-bond acceptors (Lipinski definition) is 3. The summed E-state index contributed by atoms with van der Waals surface area (Å²) >= 11 is 0. The molecular weight excluding hydrogens is 264 g/mol. The molecule has 2 aromatic rings. The van der Waals surface area contributed by atoms with Crippen molar-refractivity contribution in [2.24, 2.45) is 0 Å². The predicted octanol–water partition coefficient (Wildman–Crippen LogP) is 4.42. The van der Waals surface area contributed by atoms with E-state index in [2.05, 4.69) is 0 Å². The molecule has 0 radical (unpaired) electrons. The molecule has 3 nitrogen and oxygen atoms in total. The zero-order chi connectivity index (χ0) is 16.1. The van der Waals surface area contributed by atoms with Gasteiger partial charge in [-0.05, 0) is 29.8 Å². The zero-order valence-electron chi connectivity index (χ0n) is 13.1. The smallest absolute Gasteiger partial charge is 0.127 e. The second-order valence-corrected chi connectivity index (χ2v) is 3.91. The first-order valence-corrected chi connectivity index (χ1v) is 7.02. The van der Waals surface area contributed by atoms with Crippen LogP contribution in [0, 0.1) is 0 Å². The van der Waals surface area contributed by atoms with Crippen LogP contribution in [0.4, 0.5) is 0 Å². The van der Waals surface area contributed by atoms with Crippen molar-refractivity contribution in [3.63, 3.8) is 0 Å². The van der Waals surface area contributed by atoms with E-state index in [4.69, 9.17) is 9.84 Å². The molecule has 114 valence electrons. The van der Waals surface area contributed by atoms with Gasteiger partial charge in [0.1, 0.15) is 17.8 Å². The molecule has 0 spiro atoms. The van der Waals surface area contributed by atoms with Gasteiger partial charge >= 0.3 is 0 Å². The topological polar surface area (TPSA) is 46.5 Å². The van der Waals surface area contributed by atoms with E-state index in [1.165, 1.54) is 0 Å². The third-order valence-electron chi connectivity index (χ3n) is 2.57. The number of carbonyl (C=O) groups is 1. The molecule has 1 N–H and O–H groups in total. The van der Waals surface area contributed by atoms with Crippen LogP contribution < -0.4 is 4.74 Å². The lowest BCUT2D eigenvalue weighted by Gasteiger charge is -2.08. The molecule has 0 heterocycles. The molecule has 0 aliphatic rings. The fourth-order valence-electron chi connectivity index (χ4n) is 1.56. The third kappa shape index (κ3) is 6.72. The molecule has 0 aliphatic heterocycles. The monoisotopic (exact) mass is 288 g/mol. The van der Waals surface area contributed by atoms with Gasteiger partial charge in [-0.15, -0.1) is 0 Å². The van der Waals surface area contributed by atoms with Gasteiger partial charge < -0.3 is 14.6 Å². The first-order chi connectivity index (χ1) is 10.3. The van der Waals surface area contributed by atoms with Gasteiger partial charge in [-0.25, -0.2) is 0 Å². The van der Waals surface area contributed by atoms with Crippen molar-refractivity contribution in [2.45, 2.75) is 26.7 Å². The number of aliphatic hydroxyl groups excluding tert-OH is 1. The summed E-state index contributed by atoms with van der Waals surface area (Å²) in [6.45, 7) is 5.87. The number of para-hydroxylation sites is 1. The Morgan fingerprint density at radius 2 is 1.52 bits per heavy atom. The number of benzene rings is 2. The Hall–Kier alpha value is -2.13. The fourth-order valence-corrected chi connectivity index (χ4v) is 1.56. The van der Waals surface area contributed by atoms with Gasteiger partial charge in [0.05, 0.1) is 0 Å². The Bertz CT molecular complexity index is 495. The summed E-state index contributed by atoms with van der Waals surface area (Å²) in [6, 6.07) is 17.2. The van der Waals surface area contributed by atoms with Crippen molar-refractivity contribution >= 4 is 6.29 Å². The van der Waals surface area contributed by atoms with Crippen molar-refractivity contribution in [3.8, 4) is 11.5 Å². The molecule has 0 saturated carbocycles. The maximum absolute atomic E-state index is 10.7. The van der Waals surface area contributed by atoms with E-state index in [0.29, 0.717) is 0 Å². The number of rotatable bonds is 4. The first-order valence-electron chi connectivity index (χ1n) is 7.02. The zero-order valence-corrected chi connectivity index (χ0v) is 13.1. The van der Waals surface area contributed by atoms with E-state index in [0.717, 1.165) is 30.5 Å². The Morgan fingerprint density at radius 1 is 0.952 bits per heavy atom. The van der Waals surface area contributed by atoms with E-state index < -0.39 is 0 Å². The summed E-state index contributed by atoms with van der Waals surface area (Å²) in [5.41, 5.74) is 0.966. The summed E-state index contributed by atoms with van der Waals surface area (Å²) in [7, 11) is 1.00. The van der Waals surface area contributed by atoms with E-state index in [9.17, 15) is 4.79 Å². The van der Waals surface area contributed by atoms with Gasteiger partial charge in [0.2, 0.25) is 0 Å². The SMILES string of the molecule is CC.CC(C=O)c1cccc(Oc2ccccc2)c1.CO. The highest BCUT2D eigenvalue weighted by atomic mass is 16.5. The number of hydrogen-bond donors (Lipinski definition) is 1. The summed E-state index contributed by atoms with van der Waals surface area (Å²) < 4.78 is 5.70. The fraction of sp³-hybridized carbons (Fsp3) is 0.278. The Labute approximate surface area is 127 Å². The molecule has 2 aromatic carbocycles. The average Bonchev–Trinajstić information content (AvgIpc) is 2.59. The maximum Gasteiger partial charge on any atom is 0.127 e. The molecule has 2 rings (SSSR count). The van der Waals surface area contributed by atoms with Gasteiger partial charge in [-0.3, -0.25) is 0 Å². The van der Waals surface area contributed by atoms with E-state index in [1.807, 2.05) is 75.4 Å². The summed E-state index contributed by atoms with van der Waals surface area (Å²) in [5, 5.41) is 7.00. The summed E-state index contributed by atoms with van der Waals surface area (Å²) in [4.78, 5) is 10.7. The first kappa shape index (κ1) is 18.9. The maximum atomic E-state index is 10.7. The molecule has 21 heavy (non-hydrogen) atoms. The van der Waals surface area contributed by atoms with Crippen LogP contribution in [0.1, 0.15) is 32.3 Å². The third-order valence-corrected chi connectivity index (χ3v) is 2.57. The van der Waals surface area contributed by atoms with Crippen molar-refractivity contribution in [1.82, 2.24) is 0 Å². The number of carbonyl (C=O) groups excluding carboxylic acids is 1. The largest absolute Gasteiger partial charge is 0.457 e. The van der Waals surface area contributed by atoms with Crippen molar-refractivity contribution in [1.29, 1.82) is 0 Å². The van der Waals surface area contributed by atoms with Crippen molar-refractivity contribution in [2.75, 3.05) is 7.11 Å². The highest BCUT2D eigenvalue weighted by Gasteiger charge is 2.05. The molecule has 0 amide bonds. The van der Waals surface area contributed by atoms with Crippen LogP contribution >= 0.6 is 0 Å². The van der Waals surface area contributed by atoms with Gasteiger partial charge in [0, 0.05) is 13.0 Å². The molecule has 1 atom stereocenters. The van der Waals surface area contributed by atoms with Crippen LogP contribution in [0.2, 0.25) is 0 Å². The van der Waals surface area contributed by atoms with Gasteiger partial charge in [-0.2, -0.15) is 0 Å². The molecular formula is C18H24O3. The number of aldehydes is 1. The van der Waals surface area contributed by atoms with Crippen LogP contribution in [-0.2, 0) is 4.79 Å². The van der Waals surface area contributed by atoms with Crippen LogP contribution in [0.25, 0.3) is 0 Å². The predicted molar refractivity (Wildman–Crippen MR) is 86.9 cm³/mol. The van der Waals surface area contributed by atoms with Gasteiger partial charge in [0.25, 0.3) is 0 Å². The van der Waals surface area contributed by atoms with Crippen molar-refractivity contribution in [3.05, 3.63) is 60.2 Å². The normalized spacial score (nSPS) is 10.1. The molecule has 0 aliphatic carbocycles. The molecule has 0 saturated heterocycles. The lowest BCUT2D eigenvalue weighted by atomic mass is 10.0. The minimum atomic E-state index is -0.102. The van der Waals surface area contributed by atoms with Crippen LogP contribution in [0.15, 0.2) is 54.6 Å². The minimum Gasteiger partial charge on any atom is -0.457 e. The second-order valence-electron chi connectivity index (χ2n) is 3.91.